The van der Waals surface area contributed by atoms with Gasteiger partial charge in [0.15, 0.2) is 10.9 Å². The molecule has 0 unspecified atom stereocenters. The Balaban J connectivity index is 1.61. The second-order valence-electron chi connectivity index (χ2n) is 6.25. The van der Waals surface area contributed by atoms with E-state index in [0.29, 0.717) is 34.8 Å². The highest BCUT2D eigenvalue weighted by Gasteiger charge is 2.17. The first-order chi connectivity index (χ1) is 13.2. The van der Waals surface area contributed by atoms with Gasteiger partial charge in [0.25, 0.3) is 5.56 Å². The van der Waals surface area contributed by atoms with Crippen molar-refractivity contribution in [3.63, 3.8) is 0 Å². The summed E-state index contributed by atoms with van der Waals surface area (Å²) in [5.41, 5.74) is 2.24. The fourth-order valence-corrected chi connectivity index (χ4v) is 4.02. The van der Waals surface area contributed by atoms with E-state index in [4.69, 9.17) is 4.74 Å². The monoisotopic (exact) mass is 378 g/mol. The molecular weight excluding hydrogens is 360 g/mol. The molecule has 1 aliphatic heterocycles. The number of hydrogen-bond acceptors (Lipinski definition) is 5. The summed E-state index contributed by atoms with van der Waals surface area (Å²) in [7, 11) is 0. The third-order valence-electron chi connectivity index (χ3n) is 4.48. The highest BCUT2D eigenvalue weighted by atomic mass is 32.2. The molecule has 1 aliphatic rings. The van der Waals surface area contributed by atoms with Gasteiger partial charge < -0.3 is 4.74 Å². The number of aromatic nitrogens is 2. The molecule has 5 nitrogen and oxygen atoms in total. The molecule has 2 heterocycles. The van der Waals surface area contributed by atoms with Crippen molar-refractivity contribution in [1.82, 2.24) is 9.55 Å². The summed E-state index contributed by atoms with van der Waals surface area (Å²) in [5, 5.41) is 1.09. The van der Waals surface area contributed by atoms with Crippen LogP contribution in [0, 0.1) is 0 Å². The number of hydrogen-bond donors (Lipinski definition) is 0. The number of nitrogens with zero attached hydrogens (tertiary/aromatic N) is 2. The topological polar surface area (TPSA) is 61.2 Å². The normalized spacial score (nSPS) is 12.6. The lowest BCUT2D eigenvalue weighted by Crippen LogP contribution is -2.23. The first-order valence-corrected chi connectivity index (χ1v) is 9.68. The van der Waals surface area contributed by atoms with Gasteiger partial charge in [0.05, 0.1) is 23.3 Å². The maximum absolute atomic E-state index is 12.7. The van der Waals surface area contributed by atoms with E-state index in [2.05, 4.69) is 11.6 Å². The molecule has 6 heteroatoms. The Morgan fingerprint density at radius 3 is 3.00 bits per heavy atom. The number of benzene rings is 2. The number of ketones is 1. The van der Waals surface area contributed by atoms with Crippen LogP contribution in [0.1, 0.15) is 15.9 Å². The highest BCUT2D eigenvalue weighted by Crippen LogP contribution is 2.27. The van der Waals surface area contributed by atoms with Gasteiger partial charge in [0.2, 0.25) is 0 Å². The van der Waals surface area contributed by atoms with Gasteiger partial charge in [-0.2, -0.15) is 0 Å². The van der Waals surface area contributed by atoms with Crippen molar-refractivity contribution in [3.05, 3.63) is 76.6 Å². The molecule has 0 radical (unpaired) electrons. The molecule has 2 aromatic carbocycles. The van der Waals surface area contributed by atoms with Gasteiger partial charge in [0.1, 0.15) is 5.75 Å². The summed E-state index contributed by atoms with van der Waals surface area (Å²) in [6.07, 6.45) is 2.49. The van der Waals surface area contributed by atoms with Crippen LogP contribution in [0.15, 0.2) is 65.1 Å². The predicted molar refractivity (Wildman–Crippen MR) is 107 cm³/mol. The van der Waals surface area contributed by atoms with E-state index in [9.17, 15) is 9.59 Å². The van der Waals surface area contributed by atoms with Gasteiger partial charge >= 0.3 is 0 Å². The molecule has 4 rings (SSSR count). The molecular formula is C21H18N2O3S. The molecule has 0 fully saturated rings. The van der Waals surface area contributed by atoms with Crippen LogP contribution in [0.2, 0.25) is 0 Å². The Morgan fingerprint density at radius 1 is 1.30 bits per heavy atom. The van der Waals surface area contributed by atoms with E-state index < -0.39 is 0 Å². The van der Waals surface area contributed by atoms with Crippen LogP contribution in [0.5, 0.6) is 5.75 Å². The first kappa shape index (κ1) is 17.5. The lowest BCUT2D eigenvalue weighted by molar-refractivity contribution is 0.102. The van der Waals surface area contributed by atoms with Crippen molar-refractivity contribution < 1.29 is 9.53 Å². The summed E-state index contributed by atoms with van der Waals surface area (Å²) >= 11 is 1.28. The maximum Gasteiger partial charge on any atom is 0.262 e. The Hall–Kier alpha value is -2.86. The molecule has 0 spiro atoms. The van der Waals surface area contributed by atoms with Crippen molar-refractivity contribution >= 4 is 28.4 Å². The summed E-state index contributed by atoms with van der Waals surface area (Å²) in [6, 6.07) is 12.8. The quantitative estimate of drug-likeness (QED) is 0.284. The van der Waals surface area contributed by atoms with Gasteiger partial charge in [-0.25, -0.2) is 4.98 Å². The number of thioether (sulfide) groups is 1. The third-order valence-corrected chi connectivity index (χ3v) is 5.46. The summed E-state index contributed by atoms with van der Waals surface area (Å²) in [5.74, 6) is 1.07. The fraction of sp³-hybridized carbons (Fsp3) is 0.190. The van der Waals surface area contributed by atoms with Crippen LogP contribution < -0.4 is 10.3 Å². The Labute approximate surface area is 160 Å². The zero-order valence-corrected chi connectivity index (χ0v) is 15.5. The van der Waals surface area contributed by atoms with Crippen molar-refractivity contribution in [3.8, 4) is 5.75 Å². The zero-order valence-electron chi connectivity index (χ0n) is 14.7. The zero-order chi connectivity index (χ0) is 18.8. The first-order valence-electron chi connectivity index (χ1n) is 8.69. The molecule has 0 saturated heterocycles. The van der Waals surface area contributed by atoms with Crippen molar-refractivity contribution in [2.24, 2.45) is 0 Å². The molecule has 0 N–H and O–H groups in total. The maximum atomic E-state index is 12.7. The summed E-state index contributed by atoms with van der Waals surface area (Å²) < 4.78 is 7.04. The Morgan fingerprint density at radius 2 is 2.15 bits per heavy atom. The molecule has 27 heavy (non-hydrogen) atoms. The van der Waals surface area contributed by atoms with Gasteiger partial charge in [0, 0.05) is 18.5 Å². The summed E-state index contributed by atoms with van der Waals surface area (Å²) in [4.78, 5) is 30.0. The smallest absolute Gasteiger partial charge is 0.262 e. The predicted octanol–water partition coefficient (Wildman–Crippen LogP) is 3.49. The van der Waals surface area contributed by atoms with Gasteiger partial charge in [-0.3, -0.25) is 14.2 Å². The number of Topliss-reactive ketones (excluding diaryl/α,β-unsaturated/α-hetero) is 1. The SMILES string of the molecule is C=CCn1c(SCC(=O)c2ccc3c(c2)CCO3)nc2ccccc2c1=O. The van der Waals surface area contributed by atoms with E-state index in [0.717, 1.165) is 17.7 Å². The number of fused-ring (bicyclic) bond motifs is 2. The van der Waals surface area contributed by atoms with Crippen molar-refractivity contribution in [2.75, 3.05) is 12.4 Å². The average Bonchev–Trinajstić information content (AvgIpc) is 3.16. The molecule has 136 valence electrons. The van der Waals surface area contributed by atoms with Crippen LogP contribution in [0.25, 0.3) is 10.9 Å². The number of rotatable bonds is 6. The molecule has 0 aliphatic carbocycles. The van der Waals surface area contributed by atoms with Crippen LogP contribution in [-0.4, -0.2) is 27.7 Å². The van der Waals surface area contributed by atoms with E-state index in [1.54, 1.807) is 28.8 Å². The standard InChI is InChI=1S/C21H18N2O3S/c1-2-10-23-20(25)16-5-3-4-6-17(16)22-21(23)27-13-18(24)14-7-8-19-15(12-14)9-11-26-19/h2-8,12H,1,9-11,13H2. The minimum Gasteiger partial charge on any atom is -0.493 e. The van der Waals surface area contributed by atoms with Crippen molar-refractivity contribution in [2.45, 2.75) is 18.1 Å². The number of para-hydroxylation sites is 1. The van der Waals surface area contributed by atoms with E-state index in [1.165, 1.54) is 11.8 Å². The fourth-order valence-electron chi connectivity index (χ4n) is 3.12. The Bertz CT molecular complexity index is 1100. The molecule has 0 saturated carbocycles. The summed E-state index contributed by atoms with van der Waals surface area (Å²) in [6.45, 7) is 4.73. The minimum absolute atomic E-state index is 0.00209. The molecule has 1 aromatic heterocycles. The number of allylic oxidation sites excluding steroid dienone is 1. The van der Waals surface area contributed by atoms with Gasteiger partial charge in [-0.05, 0) is 35.9 Å². The van der Waals surface area contributed by atoms with Crippen LogP contribution in [-0.2, 0) is 13.0 Å². The number of carbonyl (C=O) groups excluding carboxylic acids is 1. The molecule has 3 aromatic rings. The van der Waals surface area contributed by atoms with Crippen LogP contribution in [0.3, 0.4) is 0 Å². The number of carbonyl (C=O) groups is 1. The number of ether oxygens (including phenoxy) is 1. The lowest BCUT2D eigenvalue weighted by Gasteiger charge is -2.11. The van der Waals surface area contributed by atoms with Crippen LogP contribution in [0.4, 0.5) is 0 Å². The van der Waals surface area contributed by atoms with Gasteiger partial charge in [-0.1, -0.05) is 30.0 Å². The highest BCUT2D eigenvalue weighted by molar-refractivity contribution is 7.99. The third kappa shape index (κ3) is 3.40. The average molecular weight is 378 g/mol. The molecule has 0 atom stereocenters. The second-order valence-corrected chi connectivity index (χ2v) is 7.19. The van der Waals surface area contributed by atoms with E-state index in [-0.39, 0.29) is 17.1 Å². The van der Waals surface area contributed by atoms with E-state index in [1.807, 2.05) is 24.3 Å². The molecule has 0 amide bonds. The lowest BCUT2D eigenvalue weighted by atomic mass is 10.1. The van der Waals surface area contributed by atoms with Crippen molar-refractivity contribution in [1.29, 1.82) is 0 Å². The van der Waals surface area contributed by atoms with Gasteiger partial charge in [-0.15, -0.1) is 6.58 Å². The second kappa shape index (κ2) is 7.40. The Kier molecular flexibility index (Phi) is 4.81. The minimum atomic E-state index is -0.120. The largest absolute Gasteiger partial charge is 0.493 e. The van der Waals surface area contributed by atoms with E-state index >= 15 is 0 Å². The van der Waals surface area contributed by atoms with Crippen LogP contribution >= 0.6 is 11.8 Å². The molecule has 0 bridgehead atoms.